The number of nitrogens with zero attached hydrogens (tertiary/aromatic N) is 4. The number of amides is 2. The molecule has 12 heteroatoms. The van der Waals surface area contributed by atoms with E-state index in [1.54, 1.807) is 54.7 Å². The number of rotatable bonds is 10. The summed E-state index contributed by atoms with van der Waals surface area (Å²) in [6.07, 6.45) is 3.14. The number of benzene rings is 3. The zero-order valence-electron chi connectivity index (χ0n) is 21.3. The number of carbonyl (C=O) groups is 2. The van der Waals surface area contributed by atoms with Crippen LogP contribution in [-0.4, -0.2) is 45.1 Å². The van der Waals surface area contributed by atoms with E-state index < -0.39 is 0 Å². The molecule has 0 saturated carbocycles. The highest BCUT2D eigenvalue weighted by molar-refractivity contribution is 6.30. The van der Waals surface area contributed by atoms with Gasteiger partial charge in [-0.2, -0.15) is 5.10 Å². The fraction of sp³-hybridized carbons (Fsp3) is 0.107. The van der Waals surface area contributed by atoms with Gasteiger partial charge in [-0.25, -0.2) is 10.1 Å². The average Bonchev–Trinajstić information content (AvgIpc) is 3.60. The van der Waals surface area contributed by atoms with Crippen LogP contribution in [0.3, 0.4) is 0 Å². The van der Waals surface area contributed by atoms with Crippen molar-refractivity contribution in [3.05, 3.63) is 101 Å². The van der Waals surface area contributed by atoms with Crippen LogP contribution >= 0.6 is 11.6 Å². The second kappa shape index (κ2) is 12.1. The van der Waals surface area contributed by atoms with Gasteiger partial charge in [-0.3, -0.25) is 9.59 Å². The van der Waals surface area contributed by atoms with Gasteiger partial charge in [-0.15, -0.1) is 5.10 Å². The van der Waals surface area contributed by atoms with Gasteiger partial charge in [0.1, 0.15) is 24.5 Å². The minimum atomic E-state index is -0.352. The van der Waals surface area contributed by atoms with Crippen LogP contribution in [-0.2, 0) is 17.9 Å². The molecule has 0 spiro atoms. The van der Waals surface area contributed by atoms with Crippen molar-refractivity contribution >= 4 is 46.2 Å². The Morgan fingerprint density at radius 3 is 2.70 bits per heavy atom. The van der Waals surface area contributed by atoms with Crippen LogP contribution < -0.4 is 20.2 Å². The lowest BCUT2D eigenvalue weighted by molar-refractivity contribution is -0.116. The lowest BCUT2D eigenvalue weighted by Gasteiger charge is -2.10. The van der Waals surface area contributed by atoms with Gasteiger partial charge in [-0.05, 0) is 60.2 Å². The standard InChI is InChI=1S/C28H24ClN7O4/c1-39-26-12-18(14-30-34-28(38)24-13-19-4-2-3-5-23(19)32-24)6-11-25(26)40-17-22-15-36(35-33-22)16-27(37)31-21-9-7-20(29)8-10-21/h2-15,32H,16-17H2,1H3,(H,31,37)(H,34,38)/b30-14+. The van der Waals surface area contributed by atoms with Crippen molar-refractivity contribution in [2.45, 2.75) is 13.2 Å². The molecule has 0 aliphatic heterocycles. The van der Waals surface area contributed by atoms with Gasteiger partial charge in [-0.1, -0.05) is 35.0 Å². The monoisotopic (exact) mass is 557 g/mol. The van der Waals surface area contributed by atoms with Gasteiger partial charge in [0.2, 0.25) is 5.91 Å². The van der Waals surface area contributed by atoms with Gasteiger partial charge < -0.3 is 19.8 Å². The molecule has 0 unspecified atom stereocenters. The lowest BCUT2D eigenvalue weighted by atomic mass is 10.2. The first-order valence-electron chi connectivity index (χ1n) is 12.1. The van der Waals surface area contributed by atoms with Crippen LogP contribution in [0.5, 0.6) is 11.5 Å². The van der Waals surface area contributed by atoms with E-state index in [0.717, 1.165) is 10.9 Å². The molecule has 0 saturated heterocycles. The molecule has 11 nitrogen and oxygen atoms in total. The summed E-state index contributed by atoms with van der Waals surface area (Å²) in [5, 5.41) is 16.4. The molecule has 202 valence electrons. The maximum absolute atomic E-state index is 12.4. The molecule has 2 amide bonds. The Morgan fingerprint density at radius 2 is 1.90 bits per heavy atom. The Kier molecular flexibility index (Phi) is 8.02. The highest BCUT2D eigenvalue weighted by Gasteiger charge is 2.11. The number of methoxy groups -OCH3 is 1. The van der Waals surface area contributed by atoms with E-state index in [2.05, 4.69) is 31.1 Å². The molecule has 0 bridgehead atoms. The van der Waals surface area contributed by atoms with Crippen molar-refractivity contribution in [1.82, 2.24) is 25.4 Å². The number of fused-ring (bicyclic) bond motifs is 1. The van der Waals surface area contributed by atoms with E-state index >= 15 is 0 Å². The average molecular weight is 558 g/mol. The SMILES string of the molecule is COc1cc(/C=N/NC(=O)c2cc3ccccc3[nH]2)ccc1OCc1cn(CC(=O)Nc2ccc(Cl)cc2)nn1. The van der Waals surface area contributed by atoms with Crippen LogP contribution in [0.25, 0.3) is 10.9 Å². The molecular formula is C28H24ClN7O4. The minimum absolute atomic E-state index is 0.0101. The summed E-state index contributed by atoms with van der Waals surface area (Å²) in [5.41, 5.74) is 5.67. The summed E-state index contributed by atoms with van der Waals surface area (Å²) >= 11 is 5.87. The number of halogens is 1. The Balaban J connectivity index is 1.13. The fourth-order valence-electron chi connectivity index (χ4n) is 3.82. The molecule has 2 heterocycles. The lowest BCUT2D eigenvalue weighted by Crippen LogP contribution is -2.19. The number of hydrogen-bond donors (Lipinski definition) is 3. The van der Waals surface area contributed by atoms with Gasteiger partial charge in [0.25, 0.3) is 5.91 Å². The Bertz CT molecular complexity index is 1640. The van der Waals surface area contributed by atoms with Crippen LogP contribution in [0.4, 0.5) is 5.69 Å². The van der Waals surface area contributed by atoms with Crippen molar-refractivity contribution in [3.63, 3.8) is 0 Å². The molecule has 5 aromatic rings. The fourth-order valence-corrected chi connectivity index (χ4v) is 3.95. The van der Waals surface area contributed by atoms with Crippen molar-refractivity contribution in [1.29, 1.82) is 0 Å². The van der Waals surface area contributed by atoms with Gasteiger partial charge in [0, 0.05) is 21.6 Å². The molecule has 0 atom stereocenters. The van der Waals surface area contributed by atoms with E-state index in [1.807, 2.05) is 24.3 Å². The quantitative estimate of drug-likeness (QED) is 0.172. The van der Waals surface area contributed by atoms with Crippen molar-refractivity contribution < 1.29 is 19.1 Å². The molecule has 0 radical (unpaired) electrons. The third-order valence-electron chi connectivity index (χ3n) is 5.74. The van der Waals surface area contributed by atoms with Crippen molar-refractivity contribution in [2.75, 3.05) is 12.4 Å². The topological polar surface area (TPSA) is 136 Å². The predicted octanol–water partition coefficient (Wildman–Crippen LogP) is 4.40. The van der Waals surface area contributed by atoms with Crippen molar-refractivity contribution in [3.8, 4) is 11.5 Å². The zero-order valence-corrected chi connectivity index (χ0v) is 22.1. The summed E-state index contributed by atoms with van der Waals surface area (Å²) in [7, 11) is 1.52. The van der Waals surface area contributed by atoms with Crippen LogP contribution in [0, 0.1) is 0 Å². The molecule has 0 fully saturated rings. The smallest absolute Gasteiger partial charge is 0.287 e. The van der Waals surface area contributed by atoms with Crippen LogP contribution in [0.15, 0.2) is 84.1 Å². The Hall–Kier alpha value is -5.16. The maximum Gasteiger partial charge on any atom is 0.287 e. The number of H-pyrrole nitrogens is 1. The van der Waals surface area contributed by atoms with E-state index in [-0.39, 0.29) is 25.0 Å². The molecule has 0 aliphatic carbocycles. The van der Waals surface area contributed by atoms with Crippen molar-refractivity contribution in [2.24, 2.45) is 5.10 Å². The third-order valence-corrected chi connectivity index (χ3v) is 5.99. The van der Waals surface area contributed by atoms with E-state index in [4.69, 9.17) is 21.1 Å². The number of nitrogens with one attached hydrogen (secondary N) is 3. The first-order chi connectivity index (χ1) is 19.5. The van der Waals surface area contributed by atoms with E-state index in [9.17, 15) is 9.59 Å². The molecule has 40 heavy (non-hydrogen) atoms. The molecule has 3 N–H and O–H groups in total. The third kappa shape index (κ3) is 6.63. The predicted molar refractivity (Wildman–Crippen MR) is 151 cm³/mol. The summed E-state index contributed by atoms with van der Waals surface area (Å²) in [6.45, 7) is 0.104. The number of hydrazone groups is 1. The number of aromatic nitrogens is 4. The number of ether oxygens (including phenoxy) is 2. The number of anilines is 1. The Labute approximate surface area is 233 Å². The molecule has 2 aromatic heterocycles. The summed E-state index contributed by atoms with van der Waals surface area (Å²) in [5.74, 6) is 0.350. The number of para-hydroxylation sites is 1. The van der Waals surface area contributed by atoms with Gasteiger partial charge >= 0.3 is 0 Å². The highest BCUT2D eigenvalue weighted by Crippen LogP contribution is 2.28. The Morgan fingerprint density at radius 1 is 1.07 bits per heavy atom. The minimum Gasteiger partial charge on any atom is -0.493 e. The number of aromatic amines is 1. The first-order valence-corrected chi connectivity index (χ1v) is 12.5. The van der Waals surface area contributed by atoms with E-state index in [0.29, 0.717) is 39.2 Å². The summed E-state index contributed by atoms with van der Waals surface area (Å²) in [4.78, 5) is 27.8. The van der Waals surface area contributed by atoms with Crippen LogP contribution in [0.1, 0.15) is 21.7 Å². The summed E-state index contributed by atoms with van der Waals surface area (Å²) in [6, 6.07) is 21.4. The molecule has 3 aromatic carbocycles. The first kappa shape index (κ1) is 26.4. The second-order valence-corrected chi connectivity index (χ2v) is 9.07. The van der Waals surface area contributed by atoms with Gasteiger partial charge in [0.05, 0.1) is 19.5 Å². The van der Waals surface area contributed by atoms with Gasteiger partial charge in [0.15, 0.2) is 11.5 Å². The summed E-state index contributed by atoms with van der Waals surface area (Å²) < 4.78 is 12.7. The second-order valence-electron chi connectivity index (χ2n) is 8.63. The normalized spacial score (nSPS) is 11.1. The largest absolute Gasteiger partial charge is 0.493 e. The zero-order chi connectivity index (χ0) is 27.9. The van der Waals surface area contributed by atoms with E-state index in [1.165, 1.54) is 18.0 Å². The highest BCUT2D eigenvalue weighted by atomic mass is 35.5. The molecule has 5 rings (SSSR count). The molecular weight excluding hydrogens is 534 g/mol. The molecule has 0 aliphatic rings. The van der Waals surface area contributed by atoms with Crippen LogP contribution in [0.2, 0.25) is 5.02 Å². The maximum atomic E-state index is 12.4. The number of hydrogen-bond acceptors (Lipinski definition) is 7. The number of carbonyl (C=O) groups excluding carboxylic acids is 2.